The topological polar surface area (TPSA) is 20.2 Å². The first-order valence-corrected chi connectivity index (χ1v) is 5.33. The summed E-state index contributed by atoms with van der Waals surface area (Å²) in [6.07, 6.45) is 2.13. The first kappa shape index (κ1) is 9.40. The summed E-state index contributed by atoms with van der Waals surface area (Å²) >= 11 is 2.04. The lowest BCUT2D eigenvalue weighted by atomic mass is 9.88. The quantitative estimate of drug-likeness (QED) is 0.693. The van der Waals surface area contributed by atoms with Gasteiger partial charge in [-0.05, 0) is 31.4 Å². The molecule has 0 spiro atoms. The Hall–Kier alpha value is 0.310. The molecule has 1 fully saturated rings. The van der Waals surface area contributed by atoms with Gasteiger partial charge in [0.1, 0.15) is 0 Å². The molecule has 0 aromatic heterocycles. The van der Waals surface area contributed by atoms with Crippen molar-refractivity contribution in [2.24, 2.45) is 5.92 Å². The molecule has 2 unspecified atom stereocenters. The van der Waals surface area contributed by atoms with Crippen LogP contribution in [0.3, 0.4) is 0 Å². The predicted octanol–water partition coefficient (Wildman–Crippen LogP) is 2.29. The molecular formula is C9H18OS. The summed E-state index contributed by atoms with van der Waals surface area (Å²) < 4.78 is 0.400. The highest BCUT2D eigenvalue weighted by molar-refractivity contribution is 8.00. The Morgan fingerprint density at radius 2 is 2.27 bits per heavy atom. The molecule has 11 heavy (non-hydrogen) atoms. The fraction of sp³-hybridized carbons (Fsp3) is 1.00. The molecule has 0 radical (unpaired) electrons. The number of rotatable bonds is 2. The minimum atomic E-state index is -0.127. The minimum Gasteiger partial charge on any atom is -0.393 e. The van der Waals surface area contributed by atoms with Gasteiger partial charge in [0.25, 0.3) is 0 Å². The molecule has 1 rings (SSSR count). The third-order valence-electron chi connectivity index (χ3n) is 2.55. The van der Waals surface area contributed by atoms with Gasteiger partial charge in [-0.2, -0.15) is 11.8 Å². The Bertz CT molecular complexity index is 132. The molecule has 1 aliphatic rings. The van der Waals surface area contributed by atoms with Crippen molar-refractivity contribution in [3.63, 3.8) is 0 Å². The van der Waals surface area contributed by atoms with E-state index in [4.69, 9.17) is 0 Å². The van der Waals surface area contributed by atoms with E-state index < -0.39 is 0 Å². The average molecular weight is 174 g/mol. The van der Waals surface area contributed by atoms with Crippen molar-refractivity contribution in [3.05, 3.63) is 0 Å². The van der Waals surface area contributed by atoms with Gasteiger partial charge in [0.15, 0.2) is 0 Å². The molecule has 66 valence electrons. The smallest absolute Gasteiger partial charge is 0.0515 e. The zero-order valence-corrected chi connectivity index (χ0v) is 8.45. The van der Waals surface area contributed by atoms with Crippen molar-refractivity contribution >= 4 is 11.8 Å². The van der Waals surface area contributed by atoms with Gasteiger partial charge in [0.2, 0.25) is 0 Å². The predicted molar refractivity (Wildman–Crippen MR) is 50.9 cm³/mol. The summed E-state index contributed by atoms with van der Waals surface area (Å²) in [5.74, 6) is 1.98. The summed E-state index contributed by atoms with van der Waals surface area (Å²) in [5, 5.41) is 9.24. The molecular weight excluding hydrogens is 156 g/mol. The van der Waals surface area contributed by atoms with E-state index in [1.165, 1.54) is 12.2 Å². The molecule has 1 aliphatic heterocycles. The van der Waals surface area contributed by atoms with E-state index in [0.29, 0.717) is 10.7 Å². The van der Waals surface area contributed by atoms with E-state index >= 15 is 0 Å². The van der Waals surface area contributed by atoms with Crippen LogP contribution in [0, 0.1) is 5.92 Å². The molecule has 0 aromatic carbocycles. The summed E-state index contributed by atoms with van der Waals surface area (Å²) in [4.78, 5) is 0. The van der Waals surface area contributed by atoms with Crippen molar-refractivity contribution in [3.8, 4) is 0 Å². The summed E-state index contributed by atoms with van der Waals surface area (Å²) in [6, 6.07) is 0. The number of thioether (sulfide) groups is 1. The van der Waals surface area contributed by atoms with Crippen LogP contribution in [0.25, 0.3) is 0 Å². The van der Waals surface area contributed by atoms with Crippen molar-refractivity contribution in [2.45, 2.75) is 44.5 Å². The van der Waals surface area contributed by atoms with Gasteiger partial charge in [-0.3, -0.25) is 0 Å². The fourth-order valence-corrected chi connectivity index (χ4v) is 3.12. The molecule has 0 bridgehead atoms. The first-order valence-electron chi connectivity index (χ1n) is 4.34. The third kappa shape index (κ3) is 2.38. The monoisotopic (exact) mass is 174 g/mol. The van der Waals surface area contributed by atoms with Gasteiger partial charge in [-0.1, -0.05) is 13.8 Å². The second-order valence-corrected chi connectivity index (χ2v) is 5.77. The molecule has 2 atom stereocenters. The lowest BCUT2D eigenvalue weighted by molar-refractivity contribution is 0.152. The average Bonchev–Trinajstić information content (AvgIpc) is 2.10. The largest absolute Gasteiger partial charge is 0.393 e. The van der Waals surface area contributed by atoms with Crippen LogP contribution in [0.15, 0.2) is 0 Å². The first-order chi connectivity index (χ1) is 5.02. The van der Waals surface area contributed by atoms with Crippen LogP contribution >= 0.6 is 11.8 Å². The van der Waals surface area contributed by atoms with E-state index in [0.717, 1.165) is 6.42 Å². The van der Waals surface area contributed by atoms with Gasteiger partial charge in [-0.25, -0.2) is 0 Å². The van der Waals surface area contributed by atoms with Crippen molar-refractivity contribution < 1.29 is 5.11 Å². The van der Waals surface area contributed by atoms with E-state index in [9.17, 15) is 5.11 Å². The van der Waals surface area contributed by atoms with Crippen LogP contribution < -0.4 is 0 Å². The van der Waals surface area contributed by atoms with Gasteiger partial charge < -0.3 is 5.11 Å². The van der Waals surface area contributed by atoms with Crippen LogP contribution in [-0.2, 0) is 0 Å². The SMILES string of the molecule is CC(O)CC1CCSC1(C)C. The molecule has 1 heterocycles. The highest BCUT2D eigenvalue weighted by Gasteiger charge is 2.35. The standard InChI is InChI=1S/C9H18OS/c1-7(10)6-8-4-5-11-9(8,2)3/h7-8,10H,4-6H2,1-3H3. The zero-order valence-electron chi connectivity index (χ0n) is 7.63. The molecule has 0 aliphatic carbocycles. The van der Waals surface area contributed by atoms with E-state index in [-0.39, 0.29) is 6.10 Å². The molecule has 0 aromatic rings. The van der Waals surface area contributed by atoms with Crippen LogP contribution in [0.4, 0.5) is 0 Å². The van der Waals surface area contributed by atoms with Crippen LogP contribution in [0.5, 0.6) is 0 Å². The summed E-state index contributed by atoms with van der Waals surface area (Å²) in [7, 11) is 0. The Kier molecular flexibility index (Phi) is 2.87. The van der Waals surface area contributed by atoms with Crippen molar-refractivity contribution in [1.29, 1.82) is 0 Å². The molecule has 0 saturated carbocycles. The molecule has 2 heteroatoms. The maximum absolute atomic E-state index is 9.24. The van der Waals surface area contributed by atoms with Gasteiger partial charge in [0, 0.05) is 4.75 Å². The minimum absolute atomic E-state index is 0.127. The number of hydrogen-bond donors (Lipinski definition) is 1. The third-order valence-corrected chi connectivity index (χ3v) is 4.07. The summed E-state index contributed by atoms with van der Waals surface area (Å²) in [5.41, 5.74) is 0. The number of aliphatic hydroxyl groups is 1. The van der Waals surface area contributed by atoms with Crippen LogP contribution in [0.2, 0.25) is 0 Å². The van der Waals surface area contributed by atoms with Crippen molar-refractivity contribution in [2.75, 3.05) is 5.75 Å². The Morgan fingerprint density at radius 3 is 2.64 bits per heavy atom. The normalized spacial score (nSPS) is 32.2. The van der Waals surface area contributed by atoms with Crippen molar-refractivity contribution in [1.82, 2.24) is 0 Å². The van der Waals surface area contributed by atoms with E-state index in [1.807, 2.05) is 18.7 Å². The maximum atomic E-state index is 9.24. The molecule has 1 nitrogen and oxygen atoms in total. The van der Waals surface area contributed by atoms with Crippen LogP contribution in [0.1, 0.15) is 33.6 Å². The van der Waals surface area contributed by atoms with Gasteiger partial charge in [0.05, 0.1) is 6.10 Å². The fourth-order valence-electron chi connectivity index (χ4n) is 1.74. The Balaban J connectivity index is 2.45. The maximum Gasteiger partial charge on any atom is 0.0515 e. The zero-order chi connectivity index (χ0) is 8.48. The lowest BCUT2D eigenvalue weighted by Gasteiger charge is -2.26. The second kappa shape index (κ2) is 3.36. The number of aliphatic hydroxyl groups excluding tert-OH is 1. The highest BCUT2D eigenvalue weighted by atomic mass is 32.2. The van der Waals surface area contributed by atoms with Gasteiger partial charge >= 0.3 is 0 Å². The lowest BCUT2D eigenvalue weighted by Crippen LogP contribution is -2.25. The second-order valence-electron chi connectivity index (χ2n) is 4.02. The number of hydrogen-bond acceptors (Lipinski definition) is 2. The Morgan fingerprint density at radius 1 is 1.64 bits per heavy atom. The van der Waals surface area contributed by atoms with Crippen LogP contribution in [-0.4, -0.2) is 21.7 Å². The molecule has 1 saturated heterocycles. The molecule has 0 amide bonds. The molecule has 1 N–H and O–H groups in total. The summed E-state index contributed by atoms with van der Waals surface area (Å²) in [6.45, 7) is 6.47. The van der Waals surface area contributed by atoms with E-state index in [1.54, 1.807) is 0 Å². The highest BCUT2D eigenvalue weighted by Crippen LogP contribution is 2.44. The Labute approximate surface area is 73.6 Å². The van der Waals surface area contributed by atoms with E-state index in [2.05, 4.69) is 13.8 Å². The van der Waals surface area contributed by atoms with Gasteiger partial charge in [-0.15, -0.1) is 0 Å².